The van der Waals surface area contributed by atoms with E-state index < -0.39 is 23.6 Å². The van der Waals surface area contributed by atoms with Crippen molar-refractivity contribution in [2.24, 2.45) is 0 Å². The molecule has 1 saturated heterocycles. The van der Waals surface area contributed by atoms with Gasteiger partial charge < -0.3 is 14.8 Å². The second-order valence-electron chi connectivity index (χ2n) is 8.69. The Bertz CT molecular complexity index is 1510. The van der Waals surface area contributed by atoms with E-state index in [9.17, 15) is 14.4 Å². The maximum Gasteiger partial charge on any atom is 0.294 e. The number of nitrogens with zero attached hydrogens (tertiary/aromatic N) is 1. The summed E-state index contributed by atoms with van der Waals surface area (Å²) in [6.45, 7) is 3.66. The van der Waals surface area contributed by atoms with Crippen molar-refractivity contribution in [1.29, 1.82) is 0 Å². The van der Waals surface area contributed by atoms with Crippen LogP contribution in [-0.4, -0.2) is 35.6 Å². The number of thioether (sulfide) groups is 1. The molecule has 0 unspecified atom stereocenters. The number of imide groups is 1. The average Bonchev–Trinajstić information content (AvgIpc) is 3.14. The number of rotatable bonds is 8. The van der Waals surface area contributed by atoms with Gasteiger partial charge in [0.15, 0.2) is 11.5 Å². The first kappa shape index (κ1) is 28.8. The van der Waals surface area contributed by atoms with Crippen LogP contribution >= 0.6 is 46.6 Å². The smallest absolute Gasteiger partial charge is 0.294 e. The number of ether oxygens (including phenoxy) is 2. The molecule has 39 heavy (non-hydrogen) atoms. The molecule has 0 atom stereocenters. The maximum atomic E-state index is 13.0. The summed E-state index contributed by atoms with van der Waals surface area (Å²) >= 11 is 19.3. The zero-order chi connectivity index (χ0) is 28.3. The summed E-state index contributed by atoms with van der Waals surface area (Å²) in [5.41, 5.74) is 3.99. The van der Waals surface area contributed by atoms with Gasteiger partial charge in [-0.05, 0) is 90.3 Å². The number of amides is 3. The van der Waals surface area contributed by atoms with Crippen LogP contribution in [0, 0.1) is 13.8 Å². The molecule has 11 heteroatoms. The number of anilines is 1. The molecule has 1 N–H and O–H groups in total. The van der Waals surface area contributed by atoms with Crippen molar-refractivity contribution in [3.05, 3.63) is 90.8 Å². The highest BCUT2D eigenvalue weighted by Gasteiger charge is 2.36. The van der Waals surface area contributed by atoms with Crippen LogP contribution in [0.25, 0.3) is 6.08 Å². The summed E-state index contributed by atoms with van der Waals surface area (Å²) in [7, 11) is 1.46. The summed E-state index contributed by atoms with van der Waals surface area (Å²) in [5.74, 6) is -0.412. The van der Waals surface area contributed by atoms with Crippen molar-refractivity contribution in [1.82, 2.24) is 4.90 Å². The van der Waals surface area contributed by atoms with Crippen LogP contribution in [0.2, 0.25) is 15.1 Å². The Morgan fingerprint density at radius 1 is 0.974 bits per heavy atom. The van der Waals surface area contributed by atoms with Gasteiger partial charge in [-0.15, -0.1) is 0 Å². The molecule has 0 saturated carbocycles. The Balaban J connectivity index is 1.46. The van der Waals surface area contributed by atoms with E-state index in [2.05, 4.69) is 5.32 Å². The minimum atomic E-state index is -0.574. The molecule has 1 fully saturated rings. The fraction of sp³-hybridized carbons (Fsp3) is 0.179. The number of hydrogen-bond donors (Lipinski definition) is 1. The molecule has 0 bridgehead atoms. The van der Waals surface area contributed by atoms with Gasteiger partial charge in [-0.25, -0.2) is 0 Å². The highest BCUT2D eigenvalue weighted by molar-refractivity contribution is 8.18. The molecule has 0 aliphatic carbocycles. The van der Waals surface area contributed by atoms with Crippen molar-refractivity contribution >= 4 is 75.4 Å². The van der Waals surface area contributed by atoms with Gasteiger partial charge in [0.25, 0.3) is 11.1 Å². The van der Waals surface area contributed by atoms with Gasteiger partial charge in [0.1, 0.15) is 13.2 Å². The summed E-state index contributed by atoms with van der Waals surface area (Å²) in [6.07, 6.45) is 1.52. The Labute approximate surface area is 245 Å². The third-order valence-electron chi connectivity index (χ3n) is 5.88. The molecule has 3 aromatic carbocycles. The lowest BCUT2D eigenvalue weighted by Crippen LogP contribution is -2.36. The Morgan fingerprint density at radius 3 is 2.44 bits per heavy atom. The fourth-order valence-electron chi connectivity index (χ4n) is 3.70. The Morgan fingerprint density at radius 2 is 1.74 bits per heavy atom. The molecule has 7 nitrogen and oxygen atoms in total. The lowest BCUT2D eigenvalue weighted by atomic mass is 10.1. The monoisotopic (exact) mass is 604 g/mol. The van der Waals surface area contributed by atoms with Crippen molar-refractivity contribution < 1.29 is 23.9 Å². The Kier molecular flexibility index (Phi) is 9.12. The average molecular weight is 606 g/mol. The van der Waals surface area contributed by atoms with Crippen molar-refractivity contribution in [3.63, 3.8) is 0 Å². The van der Waals surface area contributed by atoms with Gasteiger partial charge in [-0.1, -0.05) is 46.9 Å². The molecular formula is C28H23Cl3N2O5S. The van der Waals surface area contributed by atoms with Crippen molar-refractivity contribution in [3.8, 4) is 11.5 Å². The molecule has 1 heterocycles. The van der Waals surface area contributed by atoms with E-state index in [-0.39, 0.29) is 16.5 Å². The van der Waals surface area contributed by atoms with Crippen LogP contribution in [0.15, 0.2) is 53.4 Å². The highest BCUT2D eigenvalue weighted by Crippen LogP contribution is 2.39. The topological polar surface area (TPSA) is 84.9 Å². The van der Waals surface area contributed by atoms with E-state index in [1.165, 1.54) is 13.2 Å². The molecule has 3 aromatic rings. The van der Waals surface area contributed by atoms with E-state index >= 15 is 0 Å². The predicted molar refractivity (Wildman–Crippen MR) is 156 cm³/mol. The first-order valence-electron chi connectivity index (χ1n) is 11.6. The fourth-order valence-corrected chi connectivity index (χ4v) is 5.13. The predicted octanol–water partition coefficient (Wildman–Crippen LogP) is 7.53. The van der Waals surface area contributed by atoms with Crippen LogP contribution < -0.4 is 14.8 Å². The van der Waals surface area contributed by atoms with Crippen LogP contribution in [0.4, 0.5) is 10.5 Å². The standard InChI is InChI=1S/C28H23Cl3N2O5S/c1-15-4-6-19(8-16(15)2)32-25(34)13-33-27(35)24(39-28(33)36)12-18-10-22(31)26(23(11-18)37-3)38-14-17-5-7-20(29)21(30)9-17/h4-12H,13-14H2,1-3H3,(H,32,34)/b24-12+. The second-order valence-corrected chi connectivity index (χ2v) is 10.9. The van der Waals surface area contributed by atoms with E-state index in [4.69, 9.17) is 44.3 Å². The van der Waals surface area contributed by atoms with Crippen LogP contribution in [0.3, 0.4) is 0 Å². The lowest BCUT2D eigenvalue weighted by Gasteiger charge is -2.14. The quantitative estimate of drug-likeness (QED) is 0.267. The van der Waals surface area contributed by atoms with E-state index in [0.717, 1.165) is 33.4 Å². The van der Waals surface area contributed by atoms with Crippen molar-refractivity contribution in [2.75, 3.05) is 19.0 Å². The van der Waals surface area contributed by atoms with Crippen LogP contribution in [0.1, 0.15) is 22.3 Å². The second kappa shape index (κ2) is 12.3. The van der Waals surface area contributed by atoms with Gasteiger partial charge in [0.2, 0.25) is 5.91 Å². The third kappa shape index (κ3) is 6.89. The van der Waals surface area contributed by atoms with Crippen LogP contribution in [-0.2, 0) is 16.2 Å². The molecule has 1 aliphatic rings. The summed E-state index contributed by atoms with van der Waals surface area (Å²) in [5, 5.41) is 3.27. The molecule has 1 aliphatic heterocycles. The summed E-state index contributed by atoms with van der Waals surface area (Å²) in [6, 6.07) is 13.9. The molecule has 0 radical (unpaired) electrons. The SMILES string of the molecule is COc1cc(/C=C2/SC(=O)N(CC(=O)Nc3ccc(C)c(C)c3)C2=O)cc(Cl)c1OCc1ccc(Cl)c(Cl)c1. The highest BCUT2D eigenvalue weighted by atomic mass is 35.5. The number of carbonyl (C=O) groups excluding carboxylic acids is 3. The Hall–Kier alpha value is -3.17. The van der Waals surface area contributed by atoms with E-state index in [1.54, 1.807) is 36.4 Å². The number of nitrogens with one attached hydrogen (secondary N) is 1. The number of benzene rings is 3. The molecular weight excluding hydrogens is 583 g/mol. The minimum absolute atomic E-state index is 0.154. The molecule has 3 amide bonds. The van der Waals surface area contributed by atoms with Crippen LogP contribution in [0.5, 0.6) is 11.5 Å². The molecule has 0 aromatic heterocycles. The number of aryl methyl sites for hydroxylation is 2. The summed E-state index contributed by atoms with van der Waals surface area (Å²) < 4.78 is 11.3. The first-order chi connectivity index (χ1) is 18.5. The van der Waals surface area contributed by atoms with Gasteiger partial charge in [0, 0.05) is 5.69 Å². The zero-order valence-corrected chi connectivity index (χ0v) is 24.2. The normalized spacial score (nSPS) is 14.2. The minimum Gasteiger partial charge on any atom is -0.493 e. The van der Waals surface area contributed by atoms with E-state index in [0.29, 0.717) is 32.8 Å². The molecule has 0 spiro atoms. The van der Waals surface area contributed by atoms with Gasteiger partial charge in [0.05, 0.1) is 27.1 Å². The summed E-state index contributed by atoms with van der Waals surface area (Å²) in [4.78, 5) is 39.1. The first-order valence-corrected chi connectivity index (χ1v) is 13.6. The number of carbonyl (C=O) groups is 3. The molecule has 202 valence electrons. The lowest BCUT2D eigenvalue weighted by molar-refractivity contribution is -0.127. The number of halogens is 3. The zero-order valence-electron chi connectivity index (χ0n) is 21.1. The largest absolute Gasteiger partial charge is 0.493 e. The molecule has 4 rings (SSSR count). The van der Waals surface area contributed by atoms with E-state index in [1.807, 2.05) is 26.0 Å². The maximum absolute atomic E-state index is 13.0. The number of hydrogen-bond acceptors (Lipinski definition) is 6. The van der Waals surface area contributed by atoms with Crippen molar-refractivity contribution in [2.45, 2.75) is 20.5 Å². The van der Waals surface area contributed by atoms with Gasteiger partial charge in [-0.3, -0.25) is 19.3 Å². The van der Waals surface area contributed by atoms with Gasteiger partial charge in [-0.2, -0.15) is 0 Å². The number of methoxy groups -OCH3 is 1. The van der Waals surface area contributed by atoms with Gasteiger partial charge >= 0.3 is 0 Å². The third-order valence-corrected chi connectivity index (χ3v) is 7.81.